The maximum atomic E-state index is 12.6. The van der Waals surface area contributed by atoms with E-state index in [1.54, 1.807) is 12.1 Å². The Hall–Kier alpha value is -3.88. The summed E-state index contributed by atoms with van der Waals surface area (Å²) in [6.45, 7) is 4.93. The van der Waals surface area contributed by atoms with Gasteiger partial charge in [0.25, 0.3) is 11.8 Å². The number of para-hydroxylation sites is 1. The van der Waals surface area contributed by atoms with Crippen LogP contribution in [-0.4, -0.2) is 67.7 Å². The molecule has 0 saturated carbocycles. The van der Waals surface area contributed by atoms with Gasteiger partial charge in [0.2, 0.25) is 11.7 Å². The fourth-order valence-electron chi connectivity index (χ4n) is 3.82. The number of nitrogens with zero attached hydrogens (tertiary/aromatic N) is 4. The monoisotopic (exact) mass is 448 g/mol. The molecule has 2 heterocycles. The molecule has 4 rings (SSSR count). The van der Waals surface area contributed by atoms with Crippen LogP contribution in [-0.2, 0) is 14.4 Å². The van der Waals surface area contributed by atoms with E-state index in [2.05, 4.69) is 32.8 Å². The lowest BCUT2D eigenvalue weighted by molar-refractivity contribution is -0.131. The second-order valence-corrected chi connectivity index (χ2v) is 8.05. The number of rotatable bonds is 6. The van der Waals surface area contributed by atoms with Gasteiger partial charge < -0.3 is 15.1 Å². The van der Waals surface area contributed by atoms with E-state index in [9.17, 15) is 14.4 Å². The first kappa shape index (κ1) is 22.3. The summed E-state index contributed by atoms with van der Waals surface area (Å²) >= 11 is 0. The van der Waals surface area contributed by atoms with Crippen LogP contribution in [0.15, 0.2) is 59.6 Å². The van der Waals surface area contributed by atoms with Crippen LogP contribution in [0.5, 0.6) is 0 Å². The molecule has 1 fully saturated rings. The van der Waals surface area contributed by atoms with Crippen molar-refractivity contribution in [3.8, 4) is 0 Å². The predicted octanol–water partition coefficient (Wildman–Crippen LogP) is 1.10. The van der Waals surface area contributed by atoms with Gasteiger partial charge in [0.1, 0.15) is 6.54 Å². The summed E-state index contributed by atoms with van der Waals surface area (Å²) < 4.78 is 0. The van der Waals surface area contributed by atoms with Gasteiger partial charge >= 0.3 is 0 Å². The standard InChI is InChI=1S/C24H28N6O3/c1-18-7-9-20(10-8-18)30-22(32)17-26-23(27-30)24(33)25-12-11-21(31)29-15-13-28(14-16-29)19-5-3-2-4-6-19/h2-10H,11-17H2,1H3,(H,25,33)(H,26,27). The molecule has 0 aliphatic carbocycles. The van der Waals surface area contributed by atoms with Crippen molar-refractivity contribution in [1.29, 1.82) is 0 Å². The smallest absolute Gasteiger partial charge is 0.288 e. The van der Waals surface area contributed by atoms with Crippen molar-refractivity contribution in [2.45, 2.75) is 13.3 Å². The molecule has 1 saturated heterocycles. The van der Waals surface area contributed by atoms with E-state index in [0.717, 1.165) is 24.3 Å². The van der Waals surface area contributed by atoms with Gasteiger partial charge in [-0.1, -0.05) is 35.9 Å². The Morgan fingerprint density at radius 1 is 0.970 bits per heavy atom. The number of hydrogen-bond donors (Lipinski definition) is 2. The Balaban J connectivity index is 1.22. The zero-order chi connectivity index (χ0) is 23.2. The number of anilines is 2. The number of carbonyl (C=O) groups is 3. The van der Waals surface area contributed by atoms with Crippen LogP contribution < -0.4 is 20.7 Å². The molecule has 2 N–H and O–H groups in total. The third-order valence-corrected chi connectivity index (χ3v) is 5.72. The number of nitrogens with one attached hydrogen (secondary N) is 2. The van der Waals surface area contributed by atoms with Crippen LogP contribution in [0.1, 0.15) is 12.0 Å². The molecule has 9 heteroatoms. The Morgan fingerprint density at radius 3 is 2.36 bits per heavy atom. The van der Waals surface area contributed by atoms with Crippen LogP contribution in [0, 0.1) is 6.92 Å². The predicted molar refractivity (Wildman–Crippen MR) is 127 cm³/mol. The number of carbonyl (C=O) groups excluding carboxylic acids is 3. The molecule has 2 aromatic rings. The van der Waals surface area contributed by atoms with Crippen molar-refractivity contribution in [1.82, 2.24) is 15.6 Å². The number of amidine groups is 1. The first-order valence-corrected chi connectivity index (χ1v) is 11.1. The van der Waals surface area contributed by atoms with Crippen LogP contribution in [0.3, 0.4) is 0 Å². The normalized spacial score (nSPS) is 16.2. The van der Waals surface area contributed by atoms with Gasteiger partial charge in [0.05, 0.1) is 5.69 Å². The van der Waals surface area contributed by atoms with E-state index in [1.807, 2.05) is 42.2 Å². The third-order valence-electron chi connectivity index (χ3n) is 5.72. The van der Waals surface area contributed by atoms with Gasteiger partial charge in [-0.05, 0) is 31.2 Å². The lowest BCUT2D eigenvalue weighted by Crippen LogP contribution is -2.56. The Kier molecular flexibility index (Phi) is 6.87. The SMILES string of the molecule is Cc1ccc(N2NC(C(=O)NCCC(=O)N3CCN(c4ccccc4)CC3)=NCC2=O)cc1. The largest absolute Gasteiger partial charge is 0.368 e. The molecule has 172 valence electrons. The Morgan fingerprint density at radius 2 is 1.67 bits per heavy atom. The lowest BCUT2D eigenvalue weighted by Gasteiger charge is -2.36. The van der Waals surface area contributed by atoms with Crippen LogP contribution in [0.25, 0.3) is 0 Å². The zero-order valence-electron chi connectivity index (χ0n) is 18.7. The fraction of sp³-hybridized carbons (Fsp3) is 0.333. The maximum Gasteiger partial charge on any atom is 0.288 e. The second-order valence-electron chi connectivity index (χ2n) is 8.05. The second kappa shape index (κ2) is 10.2. The number of amides is 3. The molecule has 2 aliphatic heterocycles. The summed E-state index contributed by atoms with van der Waals surface area (Å²) in [6, 6.07) is 17.5. The van der Waals surface area contributed by atoms with Crippen molar-refractivity contribution in [2.75, 3.05) is 49.2 Å². The topological polar surface area (TPSA) is 97.3 Å². The molecule has 0 bridgehead atoms. The molecule has 0 atom stereocenters. The van der Waals surface area contributed by atoms with Crippen molar-refractivity contribution < 1.29 is 14.4 Å². The minimum absolute atomic E-state index is 0.0120. The number of aryl methyl sites for hydroxylation is 1. The average molecular weight is 449 g/mol. The number of hydrogen-bond acceptors (Lipinski definition) is 6. The third kappa shape index (κ3) is 5.49. The molecular weight excluding hydrogens is 420 g/mol. The lowest BCUT2D eigenvalue weighted by atomic mass is 10.2. The van der Waals surface area contributed by atoms with Gasteiger partial charge in [-0.2, -0.15) is 0 Å². The highest BCUT2D eigenvalue weighted by Crippen LogP contribution is 2.16. The highest BCUT2D eigenvalue weighted by Gasteiger charge is 2.26. The van der Waals surface area contributed by atoms with Crippen LogP contribution in [0.4, 0.5) is 11.4 Å². The minimum Gasteiger partial charge on any atom is -0.368 e. The molecule has 0 radical (unpaired) electrons. The number of hydrazine groups is 1. The molecular formula is C24H28N6O3. The number of aliphatic imine (C=N–C) groups is 1. The molecule has 9 nitrogen and oxygen atoms in total. The van der Waals surface area contributed by atoms with Crippen molar-refractivity contribution in [2.24, 2.45) is 4.99 Å². The summed E-state index contributed by atoms with van der Waals surface area (Å²) in [4.78, 5) is 45.4. The zero-order valence-corrected chi connectivity index (χ0v) is 18.7. The average Bonchev–Trinajstić information content (AvgIpc) is 2.85. The van der Waals surface area contributed by atoms with Crippen LogP contribution in [0.2, 0.25) is 0 Å². The highest BCUT2D eigenvalue weighted by atomic mass is 16.2. The van der Waals surface area contributed by atoms with E-state index in [1.165, 1.54) is 5.01 Å². The molecule has 2 aliphatic rings. The first-order valence-electron chi connectivity index (χ1n) is 11.1. The number of piperazine rings is 1. The Labute approximate surface area is 193 Å². The van der Waals surface area contributed by atoms with E-state index in [0.29, 0.717) is 18.8 Å². The summed E-state index contributed by atoms with van der Waals surface area (Å²) in [7, 11) is 0. The van der Waals surface area contributed by atoms with Gasteiger partial charge in [-0.3, -0.25) is 24.8 Å². The number of benzene rings is 2. The molecule has 2 aromatic carbocycles. The Bertz CT molecular complexity index is 1030. The molecule has 0 unspecified atom stereocenters. The summed E-state index contributed by atoms with van der Waals surface area (Å²) in [5.41, 5.74) is 5.65. The van der Waals surface area contributed by atoms with E-state index >= 15 is 0 Å². The summed E-state index contributed by atoms with van der Waals surface area (Å²) in [5, 5.41) is 4.04. The van der Waals surface area contributed by atoms with Crippen molar-refractivity contribution in [3.05, 3.63) is 60.2 Å². The van der Waals surface area contributed by atoms with Gasteiger partial charge in [0.15, 0.2) is 0 Å². The van der Waals surface area contributed by atoms with Gasteiger partial charge in [0, 0.05) is 44.8 Å². The van der Waals surface area contributed by atoms with Crippen molar-refractivity contribution >= 4 is 34.9 Å². The van der Waals surface area contributed by atoms with Crippen LogP contribution >= 0.6 is 0 Å². The minimum atomic E-state index is -0.443. The molecule has 0 aromatic heterocycles. The van der Waals surface area contributed by atoms with Gasteiger partial charge in [-0.25, -0.2) is 5.01 Å². The quantitative estimate of drug-likeness (QED) is 0.690. The van der Waals surface area contributed by atoms with Crippen molar-refractivity contribution in [3.63, 3.8) is 0 Å². The van der Waals surface area contributed by atoms with E-state index < -0.39 is 5.91 Å². The highest BCUT2D eigenvalue weighted by molar-refractivity contribution is 6.39. The maximum absolute atomic E-state index is 12.6. The molecule has 3 amide bonds. The summed E-state index contributed by atoms with van der Waals surface area (Å²) in [5.74, 6) is -0.626. The van der Waals surface area contributed by atoms with E-state index in [4.69, 9.17) is 0 Å². The van der Waals surface area contributed by atoms with E-state index in [-0.39, 0.29) is 37.2 Å². The fourth-order valence-corrected chi connectivity index (χ4v) is 3.82. The van der Waals surface area contributed by atoms with Gasteiger partial charge in [-0.15, -0.1) is 0 Å². The molecule has 33 heavy (non-hydrogen) atoms. The summed E-state index contributed by atoms with van der Waals surface area (Å²) in [6.07, 6.45) is 0.213. The molecule has 0 spiro atoms. The first-order chi connectivity index (χ1) is 16.0.